The summed E-state index contributed by atoms with van der Waals surface area (Å²) in [6.45, 7) is 29.0. The lowest BCUT2D eigenvalue weighted by atomic mass is 9.78. The van der Waals surface area contributed by atoms with E-state index >= 15 is 0 Å². The van der Waals surface area contributed by atoms with E-state index in [2.05, 4.69) is 67.8 Å². The summed E-state index contributed by atoms with van der Waals surface area (Å²) in [4.78, 5) is 43.8. The molecule has 0 saturated carbocycles. The van der Waals surface area contributed by atoms with Crippen molar-refractivity contribution in [2.45, 2.75) is 132 Å². The van der Waals surface area contributed by atoms with Crippen LogP contribution in [0.2, 0.25) is 12.1 Å². The highest BCUT2D eigenvalue weighted by Crippen LogP contribution is 2.42. The summed E-state index contributed by atoms with van der Waals surface area (Å²) in [7, 11) is -5.53. The van der Waals surface area contributed by atoms with Crippen molar-refractivity contribution in [3.05, 3.63) is 71.0 Å². The number of aromatic amines is 1. The fraction of sp³-hybridized carbons (Fsp3) is 0.588. The number of pyridine rings is 2. The molecular weight excluding hydrogens is 925 g/mol. The van der Waals surface area contributed by atoms with E-state index in [-0.39, 0.29) is 22.9 Å². The summed E-state index contributed by atoms with van der Waals surface area (Å²) in [6, 6.07) is 12.6. The summed E-state index contributed by atoms with van der Waals surface area (Å²) >= 11 is 0. The average Bonchev–Trinajstić information content (AvgIpc) is 3.75. The van der Waals surface area contributed by atoms with Crippen molar-refractivity contribution in [1.29, 1.82) is 0 Å². The monoisotopic (exact) mass is 1010 g/mol. The summed E-state index contributed by atoms with van der Waals surface area (Å²) in [5, 5.41) is 23.3. The standard InChI is InChI=1S/C51H82N8O9Si2/c1-13-63-69(64-14-2,65-15-3)31-19-27-52-48(61)54-29-25-37-21-23-42(56-35-37)44-45(59-47(58-44)39-33-40(50(7,8)9)46(60)41(34-39)51(10,11)12)43-24-22-38(36-57-43)26-30-55-49(62)53-28-20-32-70(66-16-4,67-17-5)68-18-6/h21-24,33-36,60H,13-20,25-32H2,1-12H3,(H,58,59)(H2,52,54,61)(H2,53,55,62). The molecule has 4 amide bonds. The maximum atomic E-state index is 12.7. The number of carbonyl (C=O) groups excluding carboxylic acids is 2. The van der Waals surface area contributed by atoms with E-state index in [1.54, 1.807) is 6.20 Å². The van der Waals surface area contributed by atoms with Crippen molar-refractivity contribution in [2.24, 2.45) is 0 Å². The van der Waals surface area contributed by atoms with Gasteiger partial charge in [-0.25, -0.2) is 14.6 Å². The molecule has 4 aromatic rings. The Morgan fingerprint density at radius 1 is 0.586 bits per heavy atom. The van der Waals surface area contributed by atoms with Crippen LogP contribution in [-0.2, 0) is 50.2 Å². The lowest BCUT2D eigenvalue weighted by Crippen LogP contribution is -2.46. The van der Waals surface area contributed by atoms with E-state index in [1.807, 2.05) is 84.1 Å². The summed E-state index contributed by atoms with van der Waals surface area (Å²) in [6.07, 6.45) is 6.12. The molecule has 1 aromatic carbocycles. The van der Waals surface area contributed by atoms with Gasteiger partial charge in [-0.3, -0.25) is 9.97 Å². The SMILES string of the molecule is CCO[Si](CCCNC(=O)NCCc1ccc(-c2nc(-c3cc(C(C)(C)C)c(O)c(C(C)(C)C)c3)[nH]c2-c2ccc(CCNC(=O)NCCC[Si](OCC)(OCC)OCC)cn2)nc1)(OCC)OCC. The predicted molar refractivity (Wildman–Crippen MR) is 280 cm³/mol. The van der Waals surface area contributed by atoms with E-state index in [0.29, 0.717) is 138 Å². The van der Waals surface area contributed by atoms with Gasteiger partial charge in [0.25, 0.3) is 0 Å². The van der Waals surface area contributed by atoms with Crippen molar-refractivity contribution in [2.75, 3.05) is 65.8 Å². The van der Waals surface area contributed by atoms with Gasteiger partial charge < -0.3 is 57.9 Å². The lowest BCUT2D eigenvalue weighted by molar-refractivity contribution is 0.0700. The summed E-state index contributed by atoms with van der Waals surface area (Å²) in [5.41, 5.74) is 6.33. The Kier molecular flexibility index (Phi) is 22.9. The summed E-state index contributed by atoms with van der Waals surface area (Å²) in [5.74, 6) is 0.908. The number of aromatic hydroxyl groups is 1. The highest BCUT2D eigenvalue weighted by molar-refractivity contribution is 6.61. The Morgan fingerprint density at radius 2 is 0.971 bits per heavy atom. The van der Waals surface area contributed by atoms with Crippen LogP contribution >= 0.6 is 0 Å². The number of hydrogen-bond donors (Lipinski definition) is 6. The van der Waals surface area contributed by atoms with Crippen LogP contribution in [0.25, 0.3) is 34.2 Å². The number of H-pyrrole nitrogens is 1. The third-order valence-electron chi connectivity index (χ3n) is 11.3. The number of aromatic nitrogens is 4. The molecule has 3 aromatic heterocycles. The topological polar surface area (TPSA) is 212 Å². The van der Waals surface area contributed by atoms with Crippen LogP contribution in [-0.4, -0.2) is 121 Å². The molecule has 388 valence electrons. The molecule has 17 nitrogen and oxygen atoms in total. The van der Waals surface area contributed by atoms with Gasteiger partial charge in [-0.05, 0) is 113 Å². The van der Waals surface area contributed by atoms with E-state index in [0.717, 1.165) is 27.8 Å². The molecule has 0 spiro atoms. The Labute approximate surface area is 419 Å². The second kappa shape index (κ2) is 27.8. The first-order valence-corrected chi connectivity index (χ1v) is 29.0. The maximum absolute atomic E-state index is 12.7. The number of benzene rings is 1. The fourth-order valence-electron chi connectivity index (χ4n) is 8.01. The van der Waals surface area contributed by atoms with Gasteiger partial charge in [-0.1, -0.05) is 53.7 Å². The smallest absolute Gasteiger partial charge is 0.500 e. The largest absolute Gasteiger partial charge is 0.507 e. The number of rotatable bonds is 29. The molecule has 0 aliphatic carbocycles. The average molecular weight is 1010 g/mol. The van der Waals surface area contributed by atoms with Crippen LogP contribution in [0.15, 0.2) is 48.8 Å². The van der Waals surface area contributed by atoms with Crippen molar-refractivity contribution in [3.63, 3.8) is 0 Å². The molecule has 0 saturated heterocycles. The van der Waals surface area contributed by atoms with Gasteiger partial charge in [0.2, 0.25) is 0 Å². The zero-order chi connectivity index (χ0) is 51.4. The molecule has 0 aliphatic heterocycles. The molecular formula is C51H82N8O9Si2. The molecule has 3 heterocycles. The van der Waals surface area contributed by atoms with Crippen molar-refractivity contribution in [3.8, 4) is 39.9 Å². The Balaban J connectivity index is 1.47. The number of phenolic OH excluding ortho intramolecular Hbond substituents is 1. The molecule has 0 unspecified atom stereocenters. The van der Waals surface area contributed by atoms with Crippen molar-refractivity contribution in [1.82, 2.24) is 41.2 Å². The first-order chi connectivity index (χ1) is 33.4. The van der Waals surface area contributed by atoms with Crippen LogP contribution < -0.4 is 21.3 Å². The number of phenols is 1. The molecule has 6 N–H and O–H groups in total. The highest BCUT2D eigenvalue weighted by Gasteiger charge is 2.40. The first kappa shape index (κ1) is 57.8. The van der Waals surface area contributed by atoms with Gasteiger partial charge >= 0.3 is 29.7 Å². The number of nitrogens with zero attached hydrogens (tertiary/aromatic N) is 3. The van der Waals surface area contributed by atoms with Crippen LogP contribution in [0.4, 0.5) is 9.59 Å². The molecule has 70 heavy (non-hydrogen) atoms. The zero-order valence-corrected chi connectivity index (χ0v) is 46.0. The van der Waals surface area contributed by atoms with Crippen LogP contribution in [0.3, 0.4) is 0 Å². The zero-order valence-electron chi connectivity index (χ0n) is 44.0. The van der Waals surface area contributed by atoms with Gasteiger partial charge in [-0.15, -0.1) is 0 Å². The molecule has 4 rings (SSSR count). The van der Waals surface area contributed by atoms with Gasteiger partial charge in [0, 0.05) is 107 Å². The Hall–Kier alpha value is -4.74. The number of imidazole rings is 1. The number of hydrogen-bond acceptors (Lipinski definition) is 12. The maximum Gasteiger partial charge on any atom is 0.500 e. The van der Waals surface area contributed by atoms with E-state index < -0.39 is 17.6 Å². The van der Waals surface area contributed by atoms with E-state index in [9.17, 15) is 14.7 Å². The molecule has 19 heteroatoms. The minimum absolute atomic E-state index is 0.247. The Morgan fingerprint density at radius 3 is 1.33 bits per heavy atom. The number of carbonyl (C=O) groups is 2. The third kappa shape index (κ3) is 17.2. The first-order valence-electron chi connectivity index (χ1n) is 25.1. The summed E-state index contributed by atoms with van der Waals surface area (Å²) < 4.78 is 35.6. The van der Waals surface area contributed by atoms with Crippen molar-refractivity contribution >= 4 is 29.7 Å². The second-order valence-corrected chi connectivity index (χ2v) is 24.3. The molecule has 0 fully saturated rings. The van der Waals surface area contributed by atoms with Gasteiger partial charge in [0.15, 0.2) is 0 Å². The van der Waals surface area contributed by atoms with Gasteiger partial charge in [0.05, 0.1) is 17.1 Å². The normalized spacial score (nSPS) is 12.3. The predicted octanol–water partition coefficient (Wildman–Crippen LogP) is 9.06. The van der Waals surface area contributed by atoms with Crippen molar-refractivity contribution < 1.29 is 41.3 Å². The number of amides is 4. The van der Waals surface area contributed by atoms with Gasteiger partial charge in [-0.2, -0.15) is 0 Å². The minimum Gasteiger partial charge on any atom is -0.507 e. The van der Waals surface area contributed by atoms with Crippen LogP contribution in [0.5, 0.6) is 5.75 Å². The fourth-order valence-corrected chi connectivity index (χ4v) is 13.2. The molecule has 0 aliphatic rings. The quantitative estimate of drug-likeness (QED) is 0.0222. The second-order valence-electron chi connectivity index (χ2n) is 18.9. The highest BCUT2D eigenvalue weighted by atomic mass is 28.4. The third-order valence-corrected chi connectivity index (χ3v) is 17.6. The number of nitrogens with one attached hydrogen (secondary N) is 5. The van der Waals surface area contributed by atoms with E-state index in [1.165, 1.54) is 0 Å². The van der Waals surface area contributed by atoms with Crippen LogP contribution in [0.1, 0.15) is 118 Å². The van der Waals surface area contributed by atoms with E-state index in [4.69, 9.17) is 41.5 Å². The van der Waals surface area contributed by atoms with Gasteiger partial charge in [0.1, 0.15) is 17.3 Å². The number of urea groups is 2. The molecule has 0 atom stereocenters. The minimum atomic E-state index is -2.77. The molecule has 0 radical (unpaired) electrons. The Bertz CT molecular complexity index is 2030. The molecule has 0 bridgehead atoms. The van der Waals surface area contributed by atoms with Crippen LogP contribution in [0, 0.1) is 0 Å². The lowest BCUT2D eigenvalue weighted by Gasteiger charge is -2.28.